The van der Waals surface area contributed by atoms with E-state index < -0.39 is 11.6 Å². The van der Waals surface area contributed by atoms with Gasteiger partial charge in [-0.15, -0.1) is 0 Å². The third-order valence-corrected chi connectivity index (χ3v) is 5.96. The normalized spacial score (nSPS) is 19.9. The molecule has 2 aromatic heterocycles. The molecular weight excluding hydrogens is 360 g/mol. The summed E-state index contributed by atoms with van der Waals surface area (Å²) in [5, 5.41) is 21.5. The summed E-state index contributed by atoms with van der Waals surface area (Å²) in [5.41, 5.74) is 2.28. The fourth-order valence-electron chi connectivity index (χ4n) is 4.27. The number of pyridine rings is 2. The van der Waals surface area contributed by atoms with Crippen LogP contribution in [0.2, 0.25) is 0 Å². The summed E-state index contributed by atoms with van der Waals surface area (Å²) < 4.78 is 6.69. The van der Waals surface area contributed by atoms with Crippen LogP contribution in [-0.4, -0.2) is 25.7 Å². The lowest BCUT2D eigenvalue weighted by atomic mass is 9.86. The van der Waals surface area contributed by atoms with E-state index in [4.69, 9.17) is 9.72 Å². The number of aromatic nitrogens is 2. The van der Waals surface area contributed by atoms with Crippen molar-refractivity contribution < 1.29 is 19.7 Å². The molecule has 0 radical (unpaired) electrons. The van der Waals surface area contributed by atoms with Crippen molar-refractivity contribution in [1.29, 1.82) is 0 Å². The van der Waals surface area contributed by atoms with Gasteiger partial charge in [-0.2, -0.15) is 0 Å². The molecule has 0 unspecified atom stereocenters. The molecule has 142 valence electrons. The van der Waals surface area contributed by atoms with Gasteiger partial charge in [-0.05, 0) is 43.2 Å². The number of rotatable bonds is 1. The van der Waals surface area contributed by atoms with E-state index >= 15 is 0 Å². The molecule has 28 heavy (non-hydrogen) atoms. The molecule has 5 rings (SSSR count). The molecule has 0 amide bonds. The number of aryl methyl sites for hydroxylation is 1. The van der Waals surface area contributed by atoms with Gasteiger partial charge in [0.1, 0.15) is 12.4 Å². The van der Waals surface area contributed by atoms with Crippen molar-refractivity contribution in [1.82, 2.24) is 9.55 Å². The zero-order chi connectivity index (χ0) is 19.8. The Morgan fingerprint density at radius 1 is 1.25 bits per heavy atom. The molecule has 2 aliphatic heterocycles. The van der Waals surface area contributed by atoms with E-state index in [-0.39, 0.29) is 24.3 Å². The lowest BCUT2D eigenvalue weighted by molar-refractivity contribution is -0.172. The first-order chi connectivity index (χ1) is 13.3. The van der Waals surface area contributed by atoms with Crippen LogP contribution >= 0.6 is 0 Å². The van der Waals surface area contributed by atoms with Gasteiger partial charge in [-0.25, -0.2) is 9.78 Å². The molecule has 7 nitrogen and oxygen atoms in total. The Labute approximate surface area is 159 Å². The maximum Gasteiger partial charge on any atom is 0.343 e. The second-order valence-electron chi connectivity index (χ2n) is 7.37. The van der Waals surface area contributed by atoms with Gasteiger partial charge in [0.05, 0.1) is 29.0 Å². The van der Waals surface area contributed by atoms with Crippen molar-refractivity contribution in [2.75, 3.05) is 0 Å². The summed E-state index contributed by atoms with van der Waals surface area (Å²) in [6, 6.07) is 6.67. The molecule has 0 fully saturated rings. The monoisotopic (exact) mass is 378 g/mol. The van der Waals surface area contributed by atoms with Crippen LogP contribution in [0.1, 0.15) is 35.6 Å². The Bertz CT molecular complexity index is 1260. The van der Waals surface area contributed by atoms with Gasteiger partial charge in [0.2, 0.25) is 0 Å². The summed E-state index contributed by atoms with van der Waals surface area (Å²) in [6.07, 6.45) is 0.109. The number of carbonyl (C=O) groups is 1. The first kappa shape index (κ1) is 16.9. The minimum atomic E-state index is -1.83. The quantitative estimate of drug-likeness (QED) is 0.492. The fourth-order valence-corrected chi connectivity index (χ4v) is 4.27. The van der Waals surface area contributed by atoms with Crippen LogP contribution < -0.4 is 5.56 Å². The number of esters is 1. The van der Waals surface area contributed by atoms with Crippen LogP contribution in [-0.2, 0) is 28.3 Å². The molecule has 7 heteroatoms. The number of nitrogens with zero attached hydrogens (tertiary/aromatic N) is 2. The zero-order valence-corrected chi connectivity index (χ0v) is 15.4. The van der Waals surface area contributed by atoms with Crippen LogP contribution in [0.15, 0.2) is 29.1 Å². The predicted octanol–water partition coefficient (Wildman–Crippen LogP) is 2.09. The molecule has 0 spiro atoms. The third kappa shape index (κ3) is 1.99. The number of cyclic esters (lactones) is 1. The molecule has 0 saturated carbocycles. The number of carbonyl (C=O) groups excluding carboxylic acids is 1. The SMILES string of the molecule is CC[C@@]1(O)C(=O)OCc2c1cc1n(c2=O)Cc2c-1nc1ccc(O)cc1c2C. The largest absolute Gasteiger partial charge is 0.508 e. The third-order valence-electron chi connectivity index (χ3n) is 5.96. The highest BCUT2D eigenvalue weighted by Gasteiger charge is 2.45. The van der Waals surface area contributed by atoms with Gasteiger partial charge in [0.25, 0.3) is 5.56 Å². The van der Waals surface area contributed by atoms with Gasteiger partial charge >= 0.3 is 5.97 Å². The van der Waals surface area contributed by atoms with Crippen molar-refractivity contribution in [3.05, 3.63) is 56.9 Å². The van der Waals surface area contributed by atoms with Crippen LogP contribution in [0.5, 0.6) is 5.75 Å². The first-order valence-corrected chi connectivity index (χ1v) is 9.14. The average molecular weight is 378 g/mol. The number of hydrogen-bond acceptors (Lipinski definition) is 6. The van der Waals surface area contributed by atoms with Gasteiger partial charge in [0.15, 0.2) is 5.60 Å². The smallest absolute Gasteiger partial charge is 0.343 e. The molecule has 3 aromatic rings. The minimum absolute atomic E-state index is 0.109. The molecule has 0 saturated heterocycles. The van der Waals surface area contributed by atoms with Gasteiger partial charge in [-0.3, -0.25) is 4.79 Å². The number of fused-ring (bicyclic) bond motifs is 5. The molecule has 0 aliphatic carbocycles. The molecule has 2 N–H and O–H groups in total. The average Bonchev–Trinajstić information content (AvgIpc) is 3.05. The fraction of sp³-hybridized carbons (Fsp3) is 0.286. The zero-order valence-electron chi connectivity index (χ0n) is 15.4. The minimum Gasteiger partial charge on any atom is -0.508 e. The number of phenolic OH excluding ortho intramolecular Hbond substituents is 1. The van der Waals surface area contributed by atoms with Crippen LogP contribution in [0.4, 0.5) is 0 Å². The van der Waals surface area contributed by atoms with E-state index in [1.54, 1.807) is 35.8 Å². The number of hydrogen-bond donors (Lipinski definition) is 2. The second kappa shape index (κ2) is 5.42. The topological polar surface area (TPSA) is 102 Å². The van der Waals surface area contributed by atoms with E-state index in [9.17, 15) is 19.8 Å². The van der Waals surface area contributed by atoms with Crippen molar-refractivity contribution in [3.63, 3.8) is 0 Å². The standard InChI is InChI=1S/C21H18N2O5/c1-3-21(27)15-7-17-18-13(8-23(17)19(25)14(15)9-28-20(21)26)10(2)12-6-11(24)4-5-16(12)22-18/h4-7,24,27H,3,8-9H2,1-2H3/t21-/m0/s1. The highest BCUT2D eigenvalue weighted by Crippen LogP contribution is 2.40. The first-order valence-electron chi connectivity index (χ1n) is 9.14. The number of ether oxygens (including phenoxy) is 1. The molecule has 4 heterocycles. The van der Waals surface area contributed by atoms with E-state index in [1.165, 1.54) is 0 Å². The Morgan fingerprint density at radius 3 is 2.79 bits per heavy atom. The van der Waals surface area contributed by atoms with Crippen LogP contribution in [0.3, 0.4) is 0 Å². The lowest BCUT2D eigenvalue weighted by Gasteiger charge is -2.31. The van der Waals surface area contributed by atoms with Crippen molar-refractivity contribution in [2.24, 2.45) is 0 Å². The molecule has 1 atom stereocenters. The maximum atomic E-state index is 13.1. The maximum absolute atomic E-state index is 13.1. The predicted molar refractivity (Wildman–Crippen MR) is 101 cm³/mol. The number of benzene rings is 1. The Balaban J connectivity index is 1.83. The van der Waals surface area contributed by atoms with Crippen LogP contribution in [0.25, 0.3) is 22.3 Å². The van der Waals surface area contributed by atoms with E-state index in [0.717, 1.165) is 16.5 Å². The summed E-state index contributed by atoms with van der Waals surface area (Å²) >= 11 is 0. The molecule has 2 aliphatic rings. The summed E-state index contributed by atoms with van der Waals surface area (Å²) in [7, 11) is 0. The van der Waals surface area contributed by atoms with E-state index in [0.29, 0.717) is 34.6 Å². The molecule has 0 bridgehead atoms. The summed E-state index contributed by atoms with van der Waals surface area (Å²) in [5.74, 6) is -0.577. The van der Waals surface area contributed by atoms with Gasteiger partial charge in [-0.1, -0.05) is 6.92 Å². The number of aromatic hydroxyl groups is 1. The van der Waals surface area contributed by atoms with E-state index in [1.807, 2.05) is 6.92 Å². The molecule has 1 aromatic carbocycles. The lowest BCUT2D eigenvalue weighted by Crippen LogP contribution is -2.44. The summed E-state index contributed by atoms with van der Waals surface area (Å²) in [4.78, 5) is 30.1. The van der Waals surface area contributed by atoms with Gasteiger partial charge < -0.3 is 19.5 Å². The second-order valence-corrected chi connectivity index (χ2v) is 7.37. The van der Waals surface area contributed by atoms with Gasteiger partial charge in [0, 0.05) is 16.5 Å². The Hall–Kier alpha value is -3.19. The number of aliphatic hydroxyl groups is 1. The Kier molecular flexibility index (Phi) is 3.28. The van der Waals surface area contributed by atoms with Crippen molar-refractivity contribution in [2.45, 2.75) is 39.0 Å². The highest BCUT2D eigenvalue weighted by atomic mass is 16.6. The highest BCUT2D eigenvalue weighted by molar-refractivity contribution is 5.89. The van der Waals surface area contributed by atoms with E-state index in [2.05, 4.69) is 0 Å². The number of phenols is 1. The summed E-state index contributed by atoms with van der Waals surface area (Å²) in [6.45, 7) is 3.82. The Morgan fingerprint density at radius 2 is 2.04 bits per heavy atom. The van der Waals surface area contributed by atoms with Crippen LogP contribution in [0, 0.1) is 6.92 Å². The van der Waals surface area contributed by atoms with Crippen molar-refractivity contribution in [3.8, 4) is 17.1 Å². The molecular formula is C21H18N2O5. The van der Waals surface area contributed by atoms with Crippen molar-refractivity contribution >= 4 is 16.9 Å².